The molecule has 0 N–H and O–H groups in total. The lowest BCUT2D eigenvalue weighted by molar-refractivity contribution is -0.900. The van der Waals surface area contributed by atoms with E-state index < -0.39 is 0 Å². The van der Waals surface area contributed by atoms with Crippen molar-refractivity contribution in [2.24, 2.45) is 0 Å². The molecule has 1 aliphatic rings. The molecule has 1 fully saturated rings. The number of quaternary nitrogens is 1. The molecule has 0 saturated heterocycles. The molecule has 0 heterocycles. The van der Waals surface area contributed by atoms with E-state index in [9.17, 15) is 0 Å². The number of hydrogen-bond donors (Lipinski definition) is 0. The molecule has 2 rings (SSSR count). The molecule has 1 saturated carbocycles. The predicted octanol–water partition coefficient (Wildman–Crippen LogP) is 0.395. The van der Waals surface area contributed by atoms with Crippen LogP contribution in [0.4, 0.5) is 0 Å². The van der Waals surface area contributed by atoms with Crippen molar-refractivity contribution in [2.45, 2.75) is 44.8 Å². The average Bonchev–Trinajstić information content (AvgIpc) is 2.31. The predicted molar refractivity (Wildman–Crippen MR) is 75.9 cm³/mol. The fraction of sp³-hybridized carbons (Fsp3) is 0.625. The summed E-state index contributed by atoms with van der Waals surface area (Å²) < 4.78 is 7.23. The summed E-state index contributed by atoms with van der Waals surface area (Å²) in [7, 11) is 6.84. The number of ether oxygens (including phenoxy) is 1. The van der Waals surface area contributed by atoms with Crippen LogP contribution in [0.2, 0.25) is 0 Å². The first-order valence-corrected chi connectivity index (χ1v) is 7.01. The number of rotatable bonds is 3. The van der Waals surface area contributed by atoms with Gasteiger partial charge in [0.2, 0.25) is 0 Å². The van der Waals surface area contributed by atoms with E-state index >= 15 is 0 Å². The molecule has 2 unspecified atom stereocenters. The Labute approximate surface area is 134 Å². The topological polar surface area (TPSA) is 9.23 Å². The van der Waals surface area contributed by atoms with Gasteiger partial charge in [-0.2, -0.15) is 0 Å². The van der Waals surface area contributed by atoms with Crippen molar-refractivity contribution in [3.63, 3.8) is 0 Å². The minimum Gasteiger partial charge on any atom is -1.00 e. The molecule has 2 atom stereocenters. The molecule has 0 bridgehead atoms. The van der Waals surface area contributed by atoms with Gasteiger partial charge in [0, 0.05) is 6.42 Å². The molecule has 1 aliphatic carbocycles. The fourth-order valence-corrected chi connectivity index (χ4v) is 2.89. The molecule has 2 nitrogen and oxygen atoms in total. The summed E-state index contributed by atoms with van der Waals surface area (Å²) in [5.74, 6) is 1.02. The lowest BCUT2D eigenvalue weighted by Crippen LogP contribution is -3.00. The van der Waals surface area contributed by atoms with Gasteiger partial charge in [-0.15, -0.1) is 0 Å². The highest BCUT2D eigenvalue weighted by atomic mass is 127. The Morgan fingerprint density at radius 3 is 2.16 bits per heavy atom. The third-order valence-electron chi connectivity index (χ3n) is 3.97. The zero-order valence-corrected chi connectivity index (χ0v) is 14.7. The molecule has 0 radical (unpaired) electrons. The second-order valence-electron chi connectivity index (χ2n) is 6.44. The summed E-state index contributed by atoms with van der Waals surface area (Å²) in [5, 5.41) is 0. The molecule has 1 aromatic rings. The maximum Gasteiger partial charge on any atom is 0.150 e. The van der Waals surface area contributed by atoms with Crippen molar-refractivity contribution >= 4 is 0 Å². The zero-order chi connectivity index (χ0) is 13.2. The van der Waals surface area contributed by atoms with Crippen LogP contribution < -0.4 is 28.7 Å². The summed E-state index contributed by atoms with van der Waals surface area (Å²) in [5.41, 5.74) is 1.29. The van der Waals surface area contributed by atoms with Crippen LogP contribution in [0.25, 0.3) is 0 Å². The van der Waals surface area contributed by atoms with Crippen LogP contribution in [0.15, 0.2) is 24.3 Å². The van der Waals surface area contributed by atoms with Crippen LogP contribution in [0.3, 0.4) is 0 Å². The maximum absolute atomic E-state index is 6.23. The normalized spacial score (nSPS) is 23.6. The molecular formula is C16H26INO. The Hall–Kier alpha value is -0.290. The number of likely N-dealkylation sites (N-methyl/N-ethyl adjacent to an activating group) is 1. The average molecular weight is 375 g/mol. The van der Waals surface area contributed by atoms with Gasteiger partial charge < -0.3 is 33.2 Å². The van der Waals surface area contributed by atoms with Crippen molar-refractivity contribution in [2.75, 3.05) is 21.1 Å². The van der Waals surface area contributed by atoms with Gasteiger partial charge >= 0.3 is 0 Å². The van der Waals surface area contributed by atoms with Crippen molar-refractivity contribution in [1.29, 1.82) is 0 Å². The molecular weight excluding hydrogens is 349 g/mol. The second-order valence-corrected chi connectivity index (χ2v) is 6.44. The Bertz CT molecular complexity index is 383. The Morgan fingerprint density at radius 1 is 1.00 bits per heavy atom. The standard InChI is InChI=1S/C16H26NO.HI/c1-13-9-11-14(12-10-13)18-16-8-6-5-7-15(16)17(2,3)4;/h9-12,15-16H,5-8H2,1-4H3;1H/q+1;/p-1. The lowest BCUT2D eigenvalue weighted by atomic mass is 9.90. The highest BCUT2D eigenvalue weighted by Crippen LogP contribution is 2.28. The van der Waals surface area contributed by atoms with Crippen molar-refractivity contribution in [3.8, 4) is 5.75 Å². The number of aryl methyl sites for hydroxylation is 1. The van der Waals surface area contributed by atoms with E-state index in [1.54, 1.807) is 0 Å². The Balaban J connectivity index is 0.00000180. The van der Waals surface area contributed by atoms with Crippen LogP contribution >= 0.6 is 0 Å². The van der Waals surface area contributed by atoms with E-state index in [1.165, 1.54) is 31.2 Å². The smallest absolute Gasteiger partial charge is 0.150 e. The summed E-state index contributed by atoms with van der Waals surface area (Å²) in [6.45, 7) is 2.11. The van der Waals surface area contributed by atoms with Crippen LogP contribution in [0.1, 0.15) is 31.2 Å². The first kappa shape index (κ1) is 16.8. The van der Waals surface area contributed by atoms with Crippen molar-refractivity contribution in [3.05, 3.63) is 29.8 Å². The monoisotopic (exact) mass is 375 g/mol. The van der Waals surface area contributed by atoms with Gasteiger partial charge in [0.25, 0.3) is 0 Å². The van der Waals surface area contributed by atoms with Crippen LogP contribution in [0, 0.1) is 6.92 Å². The minimum absolute atomic E-state index is 0. The number of nitrogens with zero attached hydrogens (tertiary/aromatic N) is 1. The molecule has 0 spiro atoms. The molecule has 3 heteroatoms. The van der Waals surface area contributed by atoms with Gasteiger partial charge in [-0.05, 0) is 38.3 Å². The Kier molecular flexibility index (Phi) is 6.12. The molecule has 19 heavy (non-hydrogen) atoms. The van der Waals surface area contributed by atoms with E-state index in [2.05, 4.69) is 52.3 Å². The fourth-order valence-electron chi connectivity index (χ4n) is 2.89. The van der Waals surface area contributed by atoms with E-state index in [4.69, 9.17) is 4.74 Å². The second kappa shape index (κ2) is 6.93. The molecule has 0 aromatic heterocycles. The quantitative estimate of drug-likeness (QED) is 0.549. The van der Waals surface area contributed by atoms with Crippen molar-refractivity contribution in [1.82, 2.24) is 0 Å². The summed E-state index contributed by atoms with van der Waals surface area (Å²) in [6, 6.07) is 9.05. The SMILES string of the molecule is Cc1ccc(OC2CCCCC2[N+](C)(C)C)cc1.[I-]. The third-order valence-corrected chi connectivity index (χ3v) is 3.97. The van der Waals surface area contributed by atoms with Gasteiger partial charge in [-0.25, -0.2) is 0 Å². The van der Waals surface area contributed by atoms with Crippen LogP contribution in [-0.4, -0.2) is 37.8 Å². The number of hydrogen-bond acceptors (Lipinski definition) is 1. The Morgan fingerprint density at radius 2 is 1.58 bits per heavy atom. The largest absolute Gasteiger partial charge is 1.00 e. The van der Waals surface area contributed by atoms with Crippen molar-refractivity contribution < 1.29 is 33.2 Å². The lowest BCUT2D eigenvalue weighted by Gasteiger charge is -2.41. The van der Waals surface area contributed by atoms with Gasteiger partial charge in [-0.1, -0.05) is 17.7 Å². The van der Waals surface area contributed by atoms with E-state index in [-0.39, 0.29) is 24.0 Å². The first-order chi connectivity index (χ1) is 8.47. The van der Waals surface area contributed by atoms with Gasteiger partial charge in [0.1, 0.15) is 11.8 Å². The van der Waals surface area contributed by atoms with Gasteiger partial charge in [0.15, 0.2) is 6.10 Å². The summed E-state index contributed by atoms with van der Waals surface area (Å²) in [6.07, 6.45) is 5.47. The van der Waals surface area contributed by atoms with Crippen LogP contribution in [0.5, 0.6) is 5.75 Å². The van der Waals surface area contributed by atoms with Gasteiger partial charge in [0.05, 0.1) is 21.1 Å². The highest BCUT2D eigenvalue weighted by molar-refractivity contribution is 5.26. The van der Waals surface area contributed by atoms with E-state index in [1.807, 2.05) is 0 Å². The number of benzene rings is 1. The summed E-state index contributed by atoms with van der Waals surface area (Å²) >= 11 is 0. The van der Waals surface area contributed by atoms with Crippen LogP contribution in [-0.2, 0) is 0 Å². The first-order valence-electron chi connectivity index (χ1n) is 7.01. The highest BCUT2D eigenvalue weighted by Gasteiger charge is 2.36. The summed E-state index contributed by atoms with van der Waals surface area (Å²) in [4.78, 5) is 0. The molecule has 0 aliphatic heterocycles. The number of halogens is 1. The van der Waals surface area contributed by atoms with E-state index in [0.717, 1.165) is 10.2 Å². The molecule has 0 amide bonds. The third kappa shape index (κ3) is 4.63. The molecule has 1 aromatic carbocycles. The minimum atomic E-state index is 0. The maximum atomic E-state index is 6.23. The van der Waals surface area contributed by atoms with Gasteiger partial charge in [-0.3, -0.25) is 0 Å². The van der Waals surface area contributed by atoms with E-state index in [0.29, 0.717) is 12.1 Å². The molecule has 108 valence electrons. The zero-order valence-electron chi connectivity index (χ0n) is 12.5.